The minimum atomic E-state index is -1.02. The van der Waals surface area contributed by atoms with Crippen molar-refractivity contribution in [3.05, 3.63) is 28.0 Å². The lowest BCUT2D eigenvalue weighted by molar-refractivity contribution is -0.131. The van der Waals surface area contributed by atoms with Crippen molar-refractivity contribution in [1.29, 1.82) is 0 Å². The number of rotatable bonds is 8. The molecule has 0 spiro atoms. The summed E-state index contributed by atoms with van der Waals surface area (Å²) in [7, 11) is 0. The second-order valence-corrected chi connectivity index (χ2v) is 5.73. The van der Waals surface area contributed by atoms with Crippen molar-refractivity contribution in [3.63, 3.8) is 0 Å². The number of carbonyl (C=O) groups excluding carboxylic acids is 1. The molecule has 0 atom stereocenters. The first kappa shape index (κ1) is 15.8. The average molecular weight is 299 g/mol. The summed E-state index contributed by atoms with van der Waals surface area (Å²) < 4.78 is 0. The van der Waals surface area contributed by atoms with E-state index >= 15 is 0 Å². The smallest absolute Gasteiger partial charge is 0.328 e. The molecular formula is C13H17NO3S2. The van der Waals surface area contributed by atoms with E-state index in [2.05, 4.69) is 11.6 Å². The number of carbonyl (C=O) groups is 2. The summed E-state index contributed by atoms with van der Waals surface area (Å²) in [6.45, 7) is 0.652. The Morgan fingerprint density at radius 2 is 2.26 bits per heavy atom. The molecule has 1 rings (SSSR count). The molecule has 4 nitrogen and oxygen atoms in total. The van der Waals surface area contributed by atoms with Gasteiger partial charge in [0.15, 0.2) is 0 Å². The monoisotopic (exact) mass is 299 g/mol. The molecule has 1 heterocycles. The van der Waals surface area contributed by atoms with Crippen LogP contribution in [0.15, 0.2) is 17.5 Å². The Hall–Kier alpha value is -1.27. The van der Waals surface area contributed by atoms with Gasteiger partial charge >= 0.3 is 5.97 Å². The van der Waals surface area contributed by atoms with Gasteiger partial charge < -0.3 is 10.4 Å². The molecule has 104 valence electrons. The van der Waals surface area contributed by atoms with Gasteiger partial charge in [-0.3, -0.25) is 4.79 Å². The third kappa shape index (κ3) is 5.94. The fourth-order valence-electron chi connectivity index (χ4n) is 1.45. The molecule has 0 bridgehead atoms. The van der Waals surface area contributed by atoms with Gasteiger partial charge in [-0.2, -0.15) is 11.8 Å². The largest absolute Gasteiger partial charge is 0.478 e. The summed E-state index contributed by atoms with van der Waals surface area (Å²) >= 11 is 3.11. The topological polar surface area (TPSA) is 66.4 Å². The van der Waals surface area contributed by atoms with E-state index in [1.807, 2.05) is 0 Å². The van der Waals surface area contributed by atoms with Crippen LogP contribution in [0.5, 0.6) is 0 Å². The van der Waals surface area contributed by atoms with Crippen molar-refractivity contribution in [2.24, 2.45) is 0 Å². The molecule has 0 fully saturated rings. The highest BCUT2D eigenvalue weighted by Gasteiger charge is 2.10. The molecule has 1 aromatic heterocycles. The Bertz CT molecular complexity index is 454. The molecule has 0 radical (unpaired) electrons. The van der Waals surface area contributed by atoms with Gasteiger partial charge in [0.2, 0.25) is 0 Å². The zero-order valence-corrected chi connectivity index (χ0v) is 12.4. The second kappa shape index (κ2) is 8.77. The molecule has 2 N–H and O–H groups in total. The first-order chi connectivity index (χ1) is 9.15. The summed E-state index contributed by atoms with van der Waals surface area (Å²) in [5.74, 6) is -0.0552. The molecule has 1 aromatic rings. The predicted octanol–water partition coefficient (Wildman–Crippen LogP) is 2.72. The molecule has 6 heteroatoms. The Morgan fingerprint density at radius 1 is 1.47 bits per heavy atom. The van der Waals surface area contributed by atoms with E-state index in [4.69, 9.17) is 5.11 Å². The number of carboxylic acids is 1. The van der Waals surface area contributed by atoms with E-state index in [0.717, 1.165) is 24.7 Å². The molecule has 0 aromatic carbocycles. The minimum Gasteiger partial charge on any atom is -0.478 e. The number of aliphatic carboxylic acids is 1. The maximum atomic E-state index is 11.9. The highest BCUT2D eigenvalue weighted by Crippen LogP contribution is 2.18. The van der Waals surface area contributed by atoms with E-state index in [1.54, 1.807) is 23.2 Å². The number of hydrogen-bond donors (Lipinski definition) is 2. The number of thioether (sulfide) groups is 1. The van der Waals surface area contributed by atoms with Crippen LogP contribution in [0.2, 0.25) is 0 Å². The van der Waals surface area contributed by atoms with Crippen LogP contribution in [0.3, 0.4) is 0 Å². The zero-order valence-electron chi connectivity index (χ0n) is 10.7. The van der Waals surface area contributed by atoms with Crippen molar-refractivity contribution < 1.29 is 14.7 Å². The fraction of sp³-hybridized carbons (Fsp3) is 0.385. The fourth-order valence-corrected chi connectivity index (χ4v) is 2.74. The molecule has 0 aliphatic rings. The first-order valence-corrected chi connectivity index (χ1v) is 8.18. The Balaban J connectivity index is 2.48. The lowest BCUT2D eigenvalue weighted by Gasteiger charge is -2.04. The van der Waals surface area contributed by atoms with E-state index in [1.165, 1.54) is 17.4 Å². The summed E-state index contributed by atoms with van der Waals surface area (Å²) in [4.78, 5) is 22.9. The van der Waals surface area contributed by atoms with Crippen LogP contribution in [0.25, 0.3) is 6.08 Å². The van der Waals surface area contributed by atoms with Gasteiger partial charge in [-0.1, -0.05) is 0 Å². The molecule has 0 aliphatic carbocycles. The Kier molecular flexibility index (Phi) is 7.28. The highest BCUT2D eigenvalue weighted by atomic mass is 32.2. The van der Waals surface area contributed by atoms with Gasteiger partial charge in [0.1, 0.15) is 0 Å². The molecule has 19 heavy (non-hydrogen) atoms. The Morgan fingerprint density at radius 3 is 2.95 bits per heavy atom. The molecule has 0 saturated carbocycles. The Labute approximate surface area is 120 Å². The van der Waals surface area contributed by atoms with E-state index in [0.29, 0.717) is 17.0 Å². The van der Waals surface area contributed by atoms with Gasteiger partial charge in [-0.15, -0.1) is 11.3 Å². The van der Waals surface area contributed by atoms with Crippen molar-refractivity contribution in [1.82, 2.24) is 5.32 Å². The maximum absolute atomic E-state index is 11.9. The number of amides is 1. The predicted molar refractivity (Wildman–Crippen MR) is 80.9 cm³/mol. The van der Waals surface area contributed by atoms with Crippen LogP contribution in [0, 0.1) is 0 Å². The van der Waals surface area contributed by atoms with Crippen molar-refractivity contribution in [3.8, 4) is 0 Å². The van der Waals surface area contributed by atoms with Gasteiger partial charge in [0.25, 0.3) is 5.91 Å². The third-order valence-electron chi connectivity index (χ3n) is 2.37. The zero-order chi connectivity index (χ0) is 14.1. The summed E-state index contributed by atoms with van der Waals surface area (Å²) in [6, 6.07) is 1.74. The van der Waals surface area contributed by atoms with Crippen LogP contribution in [-0.4, -0.2) is 35.5 Å². The minimum absolute atomic E-state index is 0.135. The van der Waals surface area contributed by atoms with Crippen molar-refractivity contribution >= 4 is 41.1 Å². The standard InChI is InChI=1S/C13H17NO3S2/c1-18-8-3-2-7-14-13(17)12-10(6-9-19-12)4-5-11(15)16/h4-6,9H,2-3,7-8H2,1H3,(H,14,17)(H,15,16)/b5-4+. The quantitative estimate of drug-likeness (QED) is 0.572. The number of hydrogen-bond acceptors (Lipinski definition) is 4. The normalized spacial score (nSPS) is 10.8. The molecule has 0 saturated heterocycles. The average Bonchev–Trinajstić information content (AvgIpc) is 2.84. The first-order valence-electron chi connectivity index (χ1n) is 5.90. The van der Waals surface area contributed by atoms with Gasteiger partial charge in [-0.25, -0.2) is 4.79 Å². The summed E-state index contributed by atoms with van der Waals surface area (Å²) in [5.41, 5.74) is 0.647. The summed E-state index contributed by atoms with van der Waals surface area (Å²) in [6.07, 6.45) is 6.58. The second-order valence-electron chi connectivity index (χ2n) is 3.83. The number of thiophene rings is 1. The van der Waals surface area contributed by atoms with E-state index in [9.17, 15) is 9.59 Å². The van der Waals surface area contributed by atoms with Gasteiger partial charge in [-0.05, 0) is 47.9 Å². The van der Waals surface area contributed by atoms with Gasteiger partial charge in [0, 0.05) is 12.6 Å². The van der Waals surface area contributed by atoms with Crippen LogP contribution in [-0.2, 0) is 4.79 Å². The van der Waals surface area contributed by atoms with Gasteiger partial charge in [0.05, 0.1) is 4.88 Å². The van der Waals surface area contributed by atoms with Crippen molar-refractivity contribution in [2.45, 2.75) is 12.8 Å². The molecular weight excluding hydrogens is 282 g/mol. The third-order valence-corrected chi connectivity index (χ3v) is 3.99. The van der Waals surface area contributed by atoms with Crippen LogP contribution in [0.4, 0.5) is 0 Å². The maximum Gasteiger partial charge on any atom is 0.328 e. The summed E-state index contributed by atoms with van der Waals surface area (Å²) in [5, 5.41) is 13.2. The number of unbranched alkanes of at least 4 members (excludes halogenated alkanes) is 1. The molecule has 0 unspecified atom stereocenters. The number of nitrogens with one attached hydrogen (secondary N) is 1. The lowest BCUT2D eigenvalue weighted by atomic mass is 10.2. The molecule has 0 aliphatic heterocycles. The lowest BCUT2D eigenvalue weighted by Crippen LogP contribution is -2.24. The molecule has 1 amide bonds. The SMILES string of the molecule is CSCCCCNC(=O)c1sccc1/C=C/C(=O)O. The van der Waals surface area contributed by atoms with Crippen LogP contribution >= 0.6 is 23.1 Å². The van der Waals surface area contributed by atoms with E-state index < -0.39 is 5.97 Å². The number of carboxylic acid groups (broad SMARTS) is 1. The van der Waals surface area contributed by atoms with Crippen LogP contribution in [0.1, 0.15) is 28.1 Å². The van der Waals surface area contributed by atoms with E-state index in [-0.39, 0.29) is 5.91 Å². The van der Waals surface area contributed by atoms with Crippen LogP contribution < -0.4 is 5.32 Å². The highest BCUT2D eigenvalue weighted by molar-refractivity contribution is 7.98. The van der Waals surface area contributed by atoms with Crippen molar-refractivity contribution in [2.75, 3.05) is 18.6 Å².